The van der Waals surface area contributed by atoms with Gasteiger partial charge in [-0.25, -0.2) is 8.42 Å². The summed E-state index contributed by atoms with van der Waals surface area (Å²) >= 11 is 0. The van der Waals surface area contributed by atoms with Crippen LogP contribution in [0.4, 0.5) is 0 Å². The molecule has 1 aliphatic rings. The minimum atomic E-state index is -3.30. The highest BCUT2D eigenvalue weighted by Gasteiger charge is 2.28. The number of benzene rings is 2. The molecule has 17 heavy (non-hydrogen) atoms. The molecular formula is C13H12O3S. The maximum Gasteiger partial charge on any atom is 0.207 e. The minimum Gasteiger partial charge on any atom is -0.412 e. The van der Waals surface area contributed by atoms with Crippen molar-refractivity contribution >= 4 is 9.84 Å². The van der Waals surface area contributed by atoms with Crippen LogP contribution in [0.5, 0.6) is 0 Å². The molecule has 0 bridgehead atoms. The largest absolute Gasteiger partial charge is 0.412 e. The van der Waals surface area contributed by atoms with Crippen LogP contribution in [0, 0.1) is 0 Å². The Bertz CT molecular complexity index is 608. The van der Waals surface area contributed by atoms with E-state index in [9.17, 15) is 8.42 Å². The van der Waals surface area contributed by atoms with Gasteiger partial charge in [0.1, 0.15) is 0 Å². The topological polar surface area (TPSA) is 65.6 Å². The van der Waals surface area contributed by atoms with Gasteiger partial charge in [-0.15, -0.1) is 0 Å². The average molecular weight is 248 g/mol. The van der Waals surface area contributed by atoms with Crippen molar-refractivity contribution in [2.24, 2.45) is 0 Å². The Labute approximate surface area is 100.0 Å². The lowest BCUT2D eigenvalue weighted by molar-refractivity contribution is 0.591. The van der Waals surface area contributed by atoms with E-state index in [4.69, 9.17) is 0 Å². The number of rotatable bonds is 0. The highest BCUT2D eigenvalue weighted by atomic mass is 32.2. The molecule has 4 heteroatoms. The van der Waals surface area contributed by atoms with E-state index in [-0.39, 0.29) is 5.48 Å². The van der Waals surface area contributed by atoms with E-state index in [1.807, 2.05) is 24.3 Å². The van der Waals surface area contributed by atoms with Crippen LogP contribution in [-0.4, -0.2) is 13.9 Å². The Balaban J connectivity index is 0.00000108. The third kappa shape index (κ3) is 1.66. The number of hydrogen-bond acceptors (Lipinski definition) is 2. The summed E-state index contributed by atoms with van der Waals surface area (Å²) in [5.74, 6) is 0. The van der Waals surface area contributed by atoms with E-state index < -0.39 is 9.84 Å². The van der Waals surface area contributed by atoms with E-state index in [0.717, 1.165) is 11.1 Å². The normalized spacial score (nSPS) is 15.3. The SMILES string of the molecule is O.O=S1(=O)c2ccccc2Cc2ccccc21. The molecule has 1 aliphatic heterocycles. The second kappa shape index (κ2) is 3.98. The fraction of sp³-hybridized carbons (Fsp3) is 0.0769. The molecule has 3 rings (SSSR count). The summed E-state index contributed by atoms with van der Waals surface area (Å²) in [5, 5.41) is 0. The predicted molar refractivity (Wildman–Crippen MR) is 64.8 cm³/mol. The van der Waals surface area contributed by atoms with Crippen molar-refractivity contribution < 1.29 is 13.9 Å². The zero-order valence-electron chi connectivity index (χ0n) is 9.05. The van der Waals surface area contributed by atoms with Gasteiger partial charge in [-0.3, -0.25) is 0 Å². The van der Waals surface area contributed by atoms with Crippen LogP contribution in [0.3, 0.4) is 0 Å². The minimum absolute atomic E-state index is 0. The number of fused-ring (bicyclic) bond motifs is 2. The lowest BCUT2D eigenvalue weighted by atomic mass is 10.0. The fourth-order valence-corrected chi connectivity index (χ4v) is 3.87. The van der Waals surface area contributed by atoms with Crippen molar-refractivity contribution in [2.45, 2.75) is 16.2 Å². The van der Waals surface area contributed by atoms with Gasteiger partial charge >= 0.3 is 0 Å². The van der Waals surface area contributed by atoms with E-state index in [1.54, 1.807) is 24.3 Å². The van der Waals surface area contributed by atoms with Crippen molar-refractivity contribution in [3.8, 4) is 0 Å². The summed E-state index contributed by atoms with van der Waals surface area (Å²) < 4.78 is 24.6. The fourth-order valence-electron chi connectivity index (χ4n) is 2.15. The molecule has 1 heterocycles. The van der Waals surface area contributed by atoms with Crippen LogP contribution in [0.15, 0.2) is 58.3 Å². The van der Waals surface area contributed by atoms with E-state index >= 15 is 0 Å². The Hall–Kier alpha value is -1.65. The Morgan fingerprint density at radius 1 is 0.765 bits per heavy atom. The second-order valence-corrected chi connectivity index (χ2v) is 5.78. The molecule has 3 nitrogen and oxygen atoms in total. The molecule has 0 saturated carbocycles. The highest BCUT2D eigenvalue weighted by Crippen LogP contribution is 2.33. The van der Waals surface area contributed by atoms with Crippen LogP contribution in [0.25, 0.3) is 0 Å². The monoisotopic (exact) mass is 248 g/mol. The molecule has 88 valence electrons. The van der Waals surface area contributed by atoms with E-state index in [2.05, 4.69) is 0 Å². The quantitative estimate of drug-likeness (QED) is 0.606. The lowest BCUT2D eigenvalue weighted by Gasteiger charge is -2.19. The molecule has 0 radical (unpaired) electrons. The Morgan fingerprint density at radius 2 is 1.18 bits per heavy atom. The molecule has 0 atom stereocenters. The van der Waals surface area contributed by atoms with Crippen LogP contribution in [0.2, 0.25) is 0 Å². The first-order valence-corrected chi connectivity index (χ1v) is 6.59. The summed E-state index contributed by atoms with van der Waals surface area (Å²) in [4.78, 5) is 0.905. The molecular weight excluding hydrogens is 236 g/mol. The molecule has 2 N–H and O–H groups in total. The van der Waals surface area contributed by atoms with Gasteiger partial charge in [0.25, 0.3) is 0 Å². The zero-order valence-corrected chi connectivity index (χ0v) is 9.87. The summed E-state index contributed by atoms with van der Waals surface area (Å²) in [6.45, 7) is 0. The third-order valence-electron chi connectivity index (χ3n) is 2.91. The van der Waals surface area contributed by atoms with Crippen LogP contribution < -0.4 is 0 Å². The Kier molecular flexibility index (Phi) is 2.77. The highest BCUT2D eigenvalue weighted by molar-refractivity contribution is 7.91. The average Bonchev–Trinajstić information content (AvgIpc) is 2.29. The third-order valence-corrected chi connectivity index (χ3v) is 4.86. The molecule has 2 aromatic rings. The molecule has 0 amide bonds. The molecule has 0 saturated heterocycles. The summed E-state index contributed by atoms with van der Waals surface area (Å²) in [6.07, 6.45) is 0.700. The first-order valence-electron chi connectivity index (χ1n) is 5.10. The van der Waals surface area contributed by atoms with Gasteiger partial charge in [-0.2, -0.15) is 0 Å². The van der Waals surface area contributed by atoms with Gasteiger partial charge in [-0.1, -0.05) is 36.4 Å². The van der Waals surface area contributed by atoms with Gasteiger partial charge in [-0.05, 0) is 23.3 Å². The summed E-state index contributed by atoms with van der Waals surface area (Å²) in [5.41, 5.74) is 1.78. The smallest absolute Gasteiger partial charge is 0.207 e. The van der Waals surface area contributed by atoms with Crippen LogP contribution in [-0.2, 0) is 16.3 Å². The van der Waals surface area contributed by atoms with Gasteiger partial charge in [0.05, 0.1) is 9.79 Å². The van der Waals surface area contributed by atoms with Crippen molar-refractivity contribution in [2.75, 3.05) is 0 Å². The molecule has 0 aliphatic carbocycles. The first-order chi connectivity index (χ1) is 7.69. The van der Waals surface area contributed by atoms with Crippen molar-refractivity contribution in [3.05, 3.63) is 59.7 Å². The standard InChI is InChI=1S/C13H10O2S.H2O/c14-16(15)12-7-3-1-5-10(12)9-11-6-2-4-8-13(11)16;/h1-8H,9H2;1H2. The number of sulfone groups is 1. The van der Waals surface area contributed by atoms with E-state index in [0.29, 0.717) is 16.2 Å². The molecule has 0 fully saturated rings. The van der Waals surface area contributed by atoms with Crippen molar-refractivity contribution in [1.29, 1.82) is 0 Å². The first kappa shape index (κ1) is 11.8. The lowest BCUT2D eigenvalue weighted by Crippen LogP contribution is -2.14. The van der Waals surface area contributed by atoms with Gasteiger partial charge < -0.3 is 5.48 Å². The van der Waals surface area contributed by atoms with E-state index in [1.165, 1.54) is 0 Å². The Morgan fingerprint density at radius 3 is 1.65 bits per heavy atom. The summed E-state index contributed by atoms with van der Waals surface area (Å²) in [7, 11) is -3.30. The van der Waals surface area contributed by atoms with Gasteiger partial charge in [0.2, 0.25) is 9.84 Å². The van der Waals surface area contributed by atoms with Crippen LogP contribution >= 0.6 is 0 Å². The second-order valence-electron chi connectivity index (χ2n) is 3.90. The molecule has 0 aromatic heterocycles. The van der Waals surface area contributed by atoms with Crippen molar-refractivity contribution in [3.63, 3.8) is 0 Å². The predicted octanol–water partition coefficient (Wildman–Crippen LogP) is 1.60. The number of hydrogen-bond donors (Lipinski definition) is 0. The van der Waals surface area contributed by atoms with Gasteiger partial charge in [0, 0.05) is 6.42 Å². The van der Waals surface area contributed by atoms with Gasteiger partial charge in [0.15, 0.2) is 0 Å². The molecule has 2 aromatic carbocycles. The molecule has 0 spiro atoms. The maximum absolute atomic E-state index is 12.3. The molecule has 0 unspecified atom stereocenters. The van der Waals surface area contributed by atoms with Crippen molar-refractivity contribution in [1.82, 2.24) is 0 Å². The van der Waals surface area contributed by atoms with Crippen LogP contribution in [0.1, 0.15) is 11.1 Å². The zero-order chi connectivity index (χ0) is 11.2. The maximum atomic E-state index is 12.3. The summed E-state index contributed by atoms with van der Waals surface area (Å²) in [6, 6.07) is 14.4.